The van der Waals surface area contributed by atoms with Gasteiger partial charge in [-0.15, -0.1) is 28.1 Å². The molecule has 12 heteroatoms. The summed E-state index contributed by atoms with van der Waals surface area (Å²) in [5.74, 6) is -1.25. The van der Waals surface area contributed by atoms with Gasteiger partial charge in [-0.2, -0.15) is 0 Å². The van der Waals surface area contributed by atoms with Gasteiger partial charge in [0.1, 0.15) is 5.00 Å². The molecule has 0 aliphatic carbocycles. The number of carbonyl (C=O) groups excluding carboxylic acids is 3. The monoisotopic (exact) mass is 505 g/mol. The smallest absolute Gasteiger partial charge is 0.341 e. The molecule has 9 nitrogen and oxygen atoms in total. The van der Waals surface area contributed by atoms with Crippen molar-refractivity contribution in [2.45, 2.75) is 18.6 Å². The third-order valence-electron chi connectivity index (χ3n) is 4.49. The van der Waals surface area contributed by atoms with Crippen LogP contribution in [0.3, 0.4) is 0 Å². The lowest BCUT2D eigenvalue weighted by Gasteiger charge is -2.09. The number of hydrogen-bond acceptors (Lipinski definition) is 8. The molecule has 3 rings (SSSR count). The Morgan fingerprint density at radius 2 is 2.06 bits per heavy atom. The number of rotatable bonds is 9. The van der Waals surface area contributed by atoms with Crippen molar-refractivity contribution in [3.8, 4) is 11.4 Å². The average Bonchev–Trinajstić information content (AvgIpc) is 3.33. The Bertz CT molecular complexity index is 1240. The Morgan fingerprint density at radius 3 is 2.70 bits per heavy atom. The number of allylic oxidation sites excluding steroid dienone is 1. The highest BCUT2D eigenvalue weighted by atomic mass is 35.5. The molecule has 0 fully saturated rings. The van der Waals surface area contributed by atoms with Crippen LogP contribution in [-0.4, -0.2) is 45.4 Å². The summed E-state index contributed by atoms with van der Waals surface area (Å²) in [6.07, 6.45) is 1.69. The lowest BCUT2D eigenvalue weighted by Crippen LogP contribution is -2.16. The van der Waals surface area contributed by atoms with E-state index >= 15 is 0 Å². The normalized spacial score (nSPS) is 10.6. The third kappa shape index (κ3) is 5.27. The van der Waals surface area contributed by atoms with Crippen molar-refractivity contribution in [3.05, 3.63) is 57.9 Å². The molecule has 0 saturated heterocycles. The number of anilines is 1. The number of nitrogens with zero attached hydrogens (tertiary/aromatic N) is 3. The molecule has 0 radical (unpaired) electrons. The zero-order valence-corrected chi connectivity index (χ0v) is 20.1. The highest BCUT2D eigenvalue weighted by Crippen LogP contribution is 2.34. The Labute approximate surface area is 203 Å². The van der Waals surface area contributed by atoms with Gasteiger partial charge in [-0.1, -0.05) is 41.6 Å². The van der Waals surface area contributed by atoms with E-state index in [4.69, 9.17) is 22.1 Å². The van der Waals surface area contributed by atoms with Crippen molar-refractivity contribution in [3.63, 3.8) is 0 Å². The summed E-state index contributed by atoms with van der Waals surface area (Å²) in [6.45, 7) is 5.75. The first kappa shape index (κ1) is 24.5. The lowest BCUT2D eigenvalue weighted by molar-refractivity contribution is -0.113. The van der Waals surface area contributed by atoms with E-state index in [9.17, 15) is 14.4 Å². The third-order valence-corrected chi connectivity index (χ3v) is 7.01. The van der Waals surface area contributed by atoms with E-state index in [-0.39, 0.29) is 21.2 Å². The van der Waals surface area contributed by atoms with E-state index in [0.717, 1.165) is 23.1 Å². The number of amides is 2. The van der Waals surface area contributed by atoms with Crippen molar-refractivity contribution in [2.24, 2.45) is 5.73 Å². The standard InChI is InChI=1S/C21H20ClN5O4S2/c1-4-9-27-18(12-7-5-6-8-13(12)22)25-26-21(27)32-10-14(28)24-19-15(20(30)31-3)11(2)16(33-19)17(23)29/h4-8H,1,9-10H2,2-3H3,(H2,23,29)(H,24,28). The first-order valence-electron chi connectivity index (χ1n) is 9.51. The second kappa shape index (κ2) is 10.6. The number of halogens is 1. The Kier molecular flexibility index (Phi) is 7.90. The number of nitrogens with two attached hydrogens (primary N) is 1. The zero-order chi connectivity index (χ0) is 24.1. The number of benzene rings is 1. The SMILES string of the molecule is C=CCn1c(SCC(=O)Nc2sc(C(N)=O)c(C)c2C(=O)OC)nnc1-c1ccccc1Cl. The fourth-order valence-corrected chi connectivity index (χ4v) is 5.04. The van der Waals surface area contributed by atoms with Crippen LogP contribution in [0.5, 0.6) is 0 Å². The first-order valence-corrected chi connectivity index (χ1v) is 11.7. The predicted octanol–water partition coefficient (Wildman–Crippen LogP) is 3.77. The highest BCUT2D eigenvalue weighted by Gasteiger charge is 2.25. The number of methoxy groups -OCH3 is 1. The van der Waals surface area contributed by atoms with E-state index in [1.54, 1.807) is 23.6 Å². The van der Waals surface area contributed by atoms with Gasteiger partial charge >= 0.3 is 5.97 Å². The molecule has 0 unspecified atom stereocenters. The summed E-state index contributed by atoms with van der Waals surface area (Å²) in [4.78, 5) is 36.7. The van der Waals surface area contributed by atoms with Crippen LogP contribution < -0.4 is 11.1 Å². The molecule has 3 N–H and O–H groups in total. The fourth-order valence-electron chi connectivity index (χ4n) is 3.01. The van der Waals surface area contributed by atoms with Crippen LogP contribution in [0.25, 0.3) is 11.4 Å². The summed E-state index contributed by atoms with van der Waals surface area (Å²) in [7, 11) is 1.22. The number of esters is 1. The van der Waals surface area contributed by atoms with E-state index in [1.807, 2.05) is 18.2 Å². The number of thiophene rings is 1. The minimum atomic E-state index is -0.692. The van der Waals surface area contributed by atoms with Gasteiger partial charge in [0.25, 0.3) is 5.91 Å². The Balaban J connectivity index is 1.80. The Hall–Kier alpha value is -3.15. The molecule has 0 aliphatic heterocycles. The Morgan fingerprint density at radius 1 is 1.33 bits per heavy atom. The number of hydrogen-bond donors (Lipinski definition) is 2. The number of nitrogens with one attached hydrogen (secondary N) is 1. The summed E-state index contributed by atoms with van der Waals surface area (Å²) in [5.41, 5.74) is 6.55. The van der Waals surface area contributed by atoms with Crippen LogP contribution in [0.4, 0.5) is 5.00 Å². The van der Waals surface area contributed by atoms with Crippen LogP contribution in [0.1, 0.15) is 25.6 Å². The molecule has 0 saturated carbocycles. The van der Waals surface area contributed by atoms with E-state index in [0.29, 0.717) is 33.7 Å². The maximum absolute atomic E-state index is 12.6. The van der Waals surface area contributed by atoms with E-state index in [1.165, 1.54) is 7.11 Å². The minimum Gasteiger partial charge on any atom is -0.465 e. The molecule has 2 amide bonds. The van der Waals surface area contributed by atoms with E-state index < -0.39 is 17.8 Å². The molecule has 0 atom stereocenters. The maximum Gasteiger partial charge on any atom is 0.341 e. The van der Waals surface area contributed by atoms with Gasteiger partial charge < -0.3 is 15.8 Å². The number of aromatic nitrogens is 3. The quantitative estimate of drug-likeness (QED) is 0.257. The predicted molar refractivity (Wildman–Crippen MR) is 129 cm³/mol. The van der Waals surface area contributed by atoms with Crippen molar-refractivity contribution in [1.82, 2.24) is 14.8 Å². The summed E-state index contributed by atoms with van der Waals surface area (Å²) < 4.78 is 6.57. The number of carbonyl (C=O) groups is 3. The fraction of sp³-hybridized carbons (Fsp3) is 0.190. The summed E-state index contributed by atoms with van der Waals surface area (Å²) >= 11 is 8.38. The molecule has 2 heterocycles. The summed E-state index contributed by atoms with van der Waals surface area (Å²) in [5, 5.41) is 12.3. The van der Waals surface area contributed by atoms with Gasteiger partial charge in [0.2, 0.25) is 5.91 Å². The maximum atomic E-state index is 12.6. The van der Waals surface area contributed by atoms with Crippen LogP contribution in [0, 0.1) is 6.92 Å². The second-order valence-corrected chi connectivity index (χ2v) is 9.01. The summed E-state index contributed by atoms with van der Waals surface area (Å²) in [6, 6.07) is 7.25. The van der Waals surface area contributed by atoms with E-state index in [2.05, 4.69) is 22.1 Å². The first-order chi connectivity index (χ1) is 15.8. The number of ether oxygens (including phenoxy) is 1. The van der Waals surface area contributed by atoms with Gasteiger partial charge in [0.05, 0.1) is 28.3 Å². The van der Waals surface area contributed by atoms with Gasteiger partial charge in [-0.05, 0) is 24.6 Å². The van der Waals surface area contributed by atoms with Gasteiger partial charge in [-0.3, -0.25) is 14.2 Å². The topological polar surface area (TPSA) is 129 Å². The molecule has 0 aliphatic rings. The molecule has 3 aromatic rings. The highest BCUT2D eigenvalue weighted by molar-refractivity contribution is 7.99. The average molecular weight is 506 g/mol. The second-order valence-electron chi connectivity index (χ2n) is 6.64. The van der Waals surface area contributed by atoms with Crippen molar-refractivity contribution in [1.29, 1.82) is 0 Å². The van der Waals surface area contributed by atoms with Crippen LogP contribution in [-0.2, 0) is 16.1 Å². The van der Waals surface area contributed by atoms with Crippen molar-refractivity contribution < 1.29 is 19.1 Å². The molecule has 1 aromatic carbocycles. The largest absolute Gasteiger partial charge is 0.465 e. The van der Waals surface area contributed by atoms with Crippen molar-refractivity contribution in [2.75, 3.05) is 18.2 Å². The molecular weight excluding hydrogens is 486 g/mol. The molecular formula is C21H20ClN5O4S2. The molecule has 0 spiro atoms. The van der Waals surface area contributed by atoms with Crippen molar-refractivity contribution >= 4 is 57.5 Å². The van der Waals surface area contributed by atoms with Crippen LogP contribution >= 0.6 is 34.7 Å². The molecule has 2 aromatic heterocycles. The van der Waals surface area contributed by atoms with Crippen LogP contribution in [0.2, 0.25) is 5.02 Å². The van der Waals surface area contributed by atoms with Crippen LogP contribution in [0.15, 0.2) is 42.1 Å². The number of thioether (sulfide) groups is 1. The van der Waals surface area contributed by atoms with Gasteiger partial charge in [-0.25, -0.2) is 4.79 Å². The molecule has 0 bridgehead atoms. The minimum absolute atomic E-state index is 0.0265. The zero-order valence-electron chi connectivity index (χ0n) is 17.8. The lowest BCUT2D eigenvalue weighted by atomic mass is 10.1. The number of primary amides is 1. The molecule has 33 heavy (non-hydrogen) atoms. The molecule has 172 valence electrons. The van der Waals surface area contributed by atoms with Gasteiger partial charge in [0.15, 0.2) is 11.0 Å². The van der Waals surface area contributed by atoms with Gasteiger partial charge in [0, 0.05) is 12.1 Å².